The maximum Gasteiger partial charge on any atom is 0.335 e. The molecular formula is C21H23F2NO4. The fourth-order valence-corrected chi connectivity index (χ4v) is 3.02. The Morgan fingerprint density at radius 2 is 2.07 bits per heavy atom. The van der Waals surface area contributed by atoms with Gasteiger partial charge in [-0.15, -0.1) is 11.8 Å². The van der Waals surface area contributed by atoms with Gasteiger partial charge in [0.05, 0.1) is 17.7 Å². The fourth-order valence-electron chi connectivity index (χ4n) is 3.02. The van der Waals surface area contributed by atoms with Crippen molar-refractivity contribution in [2.75, 3.05) is 6.54 Å². The van der Waals surface area contributed by atoms with Gasteiger partial charge in [-0.25, -0.2) is 4.79 Å². The highest BCUT2D eigenvalue weighted by molar-refractivity contribution is 5.87. The van der Waals surface area contributed by atoms with Crippen LogP contribution in [-0.4, -0.2) is 51.6 Å². The van der Waals surface area contributed by atoms with Crippen LogP contribution >= 0.6 is 0 Å². The highest BCUT2D eigenvalue weighted by Gasteiger charge is 2.52. The molecule has 0 unspecified atom stereocenters. The quantitative estimate of drug-likeness (QED) is 0.528. The van der Waals surface area contributed by atoms with Gasteiger partial charge in [-0.2, -0.15) is 8.78 Å². The number of nitrogens with zero attached hydrogens (tertiary/aromatic N) is 1. The fraction of sp³-hybridized carbons (Fsp3) is 0.429. The van der Waals surface area contributed by atoms with E-state index in [1.807, 2.05) is 0 Å². The number of carbonyl (C=O) groups is 2. The highest BCUT2D eigenvalue weighted by Crippen LogP contribution is 2.34. The molecule has 2 rings (SSSR count). The highest BCUT2D eigenvalue weighted by atomic mass is 19.3. The zero-order valence-electron chi connectivity index (χ0n) is 15.6. The van der Waals surface area contributed by atoms with Crippen molar-refractivity contribution < 1.29 is 28.6 Å². The van der Waals surface area contributed by atoms with Crippen LogP contribution in [-0.2, 0) is 11.2 Å². The molecule has 150 valence electrons. The van der Waals surface area contributed by atoms with Crippen LogP contribution < -0.4 is 0 Å². The summed E-state index contributed by atoms with van der Waals surface area (Å²) in [7, 11) is 0. The summed E-state index contributed by atoms with van der Waals surface area (Å²) < 4.78 is 27.8. The van der Waals surface area contributed by atoms with Gasteiger partial charge in [-0.3, -0.25) is 4.79 Å². The smallest absolute Gasteiger partial charge is 0.335 e. The van der Waals surface area contributed by atoms with Crippen molar-refractivity contribution in [2.24, 2.45) is 0 Å². The normalized spacial score (nSPS) is 19.5. The van der Waals surface area contributed by atoms with Gasteiger partial charge in [0.25, 0.3) is 5.91 Å². The van der Waals surface area contributed by atoms with E-state index in [1.54, 1.807) is 19.1 Å². The molecule has 0 spiro atoms. The summed E-state index contributed by atoms with van der Waals surface area (Å²) in [5.74, 6) is -0.166. The number of aliphatic hydroxyl groups excluding tert-OH is 1. The van der Waals surface area contributed by atoms with E-state index < -0.39 is 36.4 Å². The van der Waals surface area contributed by atoms with Gasteiger partial charge in [-0.1, -0.05) is 24.3 Å². The third kappa shape index (κ3) is 5.64. The third-order valence-electron chi connectivity index (χ3n) is 4.58. The standard InChI is InChI=1S/C21H23F2NO4/c1-2-3-4-5-18(25)11-10-17-14-21(22,23)20(28)24(17)13-12-15-6-8-16(9-7-15)19(26)27/h6-11,17-18,25H,4-5,12-14H2,1H3,(H,26,27)/b11-10+/t17-,18-/m0/s1. The van der Waals surface area contributed by atoms with E-state index >= 15 is 0 Å². The molecule has 1 aliphatic heterocycles. The molecule has 1 amide bonds. The Balaban J connectivity index is 2.02. The van der Waals surface area contributed by atoms with E-state index in [2.05, 4.69) is 11.8 Å². The monoisotopic (exact) mass is 391 g/mol. The Labute approximate surface area is 162 Å². The molecule has 1 aromatic rings. The first kappa shape index (κ1) is 21.6. The average molecular weight is 391 g/mol. The minimum atomic E-state index is -3.43. The Bertz CT molecular complexity index is 793. The number of alkyl halides is 2. The summed E-state index contributed by atoms with van der Waals surface area (Å²) in [6, 6.07) is 5.28. The van der Waals surface area contributed by atoms with E-state index in [1.165, 1.54) is 24.3 Å². The van der Waals surface area contributed by atoms with Gasteiger partial charge in [0.2, 0.25) is 0 Å². The number of rotatable bonds is 8. The Morgan fingerprint density at radius 1 is 1.39 bits per heavy atom. The first-order valence-electron chi connectivity index (χ1n) is 9.01. The second-order valence-electron chi connectivity index (χ2n) is 6.64. The van der Waals surface area contributed by atoms with Gasteiger partial charge in [0, 0.05) is 19.4 Å². The molecule has 28 heavy (non-hydrogen) atoms. The van der Waals surface area contributed by atoms with Crippen molar-refractivity contribution in [1.82, 2.24) is 4.90 Å². The predicted octanol–water partition coefficient (Wildman–Crippen LogP) is 2.88. The van der Waals surface area contributed by atoms with Crippen molar-refractivity contribution in [3.63, 3.8) is 0 Å². The van der Waals surface area contributed by atoms with Crippen LogP contribution in [0.3, 0.4) is 0 Å². The zero-order chi connectivity index (χ0) is 20.7. The summed E-state index contributed by atoms with van der Waals surface area (Å²) in [6.07, 6.45) is 2.67. The lowest BCUT2D eigenvalue weighted by Gasteiger charge is -2.22. The van der Waals surface area contributed by atoms with Crippen molar-refractivity contribution in [3.05, 3.63) is 47.5 Å². The molecule has 1 aliphatic rings. The number of carboxylic acids is 1. The third-order valence-corrected chi connectivity index (χ3v) is 4.58. The number of hydrogen-bond acceptors (Lipinski definition) is 3. The lowest BCUT2D eigenvalue weighted by molar-refractivity contribution is -0.148. The van der Waals surface area contributed by atoms with Crippen molar-refractivity contribution in [3.8, 4) is 11.8 Å². The average Bonchev–Trinajstić information content (AvgIpc) is 2.87. The first-order valence-corrected chi connectivity index (χ1v) is 9.01. The van der Waals surface area contributed by atoms with Crippen LogP contribution in [0.1, 0.15) is 42.1 Å². The van der Waals surface area contributed by atoms with E-state index in [-0.39, 0.29) is 12.1 Å². The molecule has 0 aromatic heterocycles. The van der Waals surface area contributed by atoms with E-state index in [9.17, 15) is 23.5 Å². The number of amides is 1. The number of aliphatic hydroxyl groups is 1. The number of carbonyl (C=O) groups excluding carboxylic acids is 1. The second kappa shape index (κ2) is 9.47. The molecule has 1 aromatic carbocycles. The summed E-state index contributed by atoms with van der Waals surface area (Å²) in [4.78, 5) is 24.0. The van der Waals surface area contributed by atoms with Gasteiger partial charge < -0.3 is 15.1 Å². The molecule has 1 heterocycles. The van der Waals surface area contributed by atoms with Crippen LogP contribution in [0.15, 0.2) is 36.4 Å². The molecule has 7 heteroatoms. The van der Waals surface area contributed by atoms with Gasteiger partial charge in [-0.05, 0) is 37.5 Å². The van der Waals surface area contributed by atoms with Gasteiger partial charge in [0.1, 0.15) is 0 Å². The number of aromatic carboxylic acids is 1. The Kier molecular flexibility index (Phi) is 7.30. The molecule has 0 saturated carbocycles. The number of benzene rings is 1. The Morgan fingerprint density at radius 3 is 2.68 bits per heavy atom. The number of hydrogen-bond donors (Lipinski definition) is 2. The van der Waals surface area contributed by atoms with Crippen molar-refractivity contribution in [2.45, 2.75) is 50.7 Å². The molecule has 5 nitrogen and oxygen atoms in total. The van der Waals surface area contributed by atoms with E-state index in [0.29, 0.717) is 19.3 Å². The largest absolute Gasteiger partial charge is 0.478 e. The zero-order valence-corrected chi connectivity index (χ0v) is 15.6. The molecule has 1 saturated heterocycles. The first-order chi connectivity index (χ1) is 13.2. The van der Waals surface area contributed by atoms with Crippen LogP contribution in [0.5, 0.6) is 0 Å². The molecule has 0 bridgehead atoms. The molecule has 0 aliphatic carbocycles. The minimum absolute atomic E-state index is 0.0766. The van der Waals surface area contributed by atoms with Crippen LogP contribution in [0.25, 0.3) is 0 Å². The van der Waals surface area contributed by atoms with Crippen LogP contribution in [0.4, 0.5) is 8.78 Å². The topological polar surface area (TPSA) is 77.8 Å². The van der Waals surface area contributed by atoms with E-state index in [0.717, 1.165) is 10.5 Å². The summed E-state index contributed by atoms with van der Waals surface area (Å²) >= 11 is 0. The van der Waals surface area contributed by atoms with Gasteiger partial charge >= 0.3 is 11.9 Å². The van der Waals surface area contributed by atoms with Crippen molar-refractivity contribution >= 4 is 11.9 Å². The number of halogens is 2. The van der Waals surface area contributed by atoms with Crippen LogP contribution in [0, 0.1) is 11.8 Å². The SMILES string of the molecule is CC#CCC[C@H](O)/C=C/[C@H]1CC(F)(F)C(=O)N1CCc1ccc(C(=O)O)cc1. The predicted molar refractivity (Wildman–Crippen MR) is 100 cm³/mol. The second-order valence-corrected chi connectivity index (χ2v) is 6.64. The number of likely N-dealkylation sites (tertiary alicyclic amines) is 1. The maximum atomic E-state index is 13.9. The van der Waals surface area contributed by atoms with E-state index in [4.69, 9.17) is 5.11 Å². The van der Waals surface area contributed by atoms with Gasteiger partial charge in [0.15, 0.2) is 0 Å². The minimum Gasteiger partial charge on any atom is -0.478 e. The molecule has 1 fully saturated rings. The maximum absolute atomic E-state index is 13.9. The summed E-state index contributed by atoms with van der Waals surface area (Å²) in [5, 5.41) is 18.8. The molecule has 2 N–H and O–H groups in total. The lowest BCUT2D eigenvalue weighted by atomic mass is 10.1. The Hall–Kier alpha value is -2.72. The summed E-state index contributed by atoms with van der Waals surface area (Å²) in [5.41, 5.74) is 0.879. The van der Waals surface area contributed by atoms with Crippen molar-refractivity contribution in [1.29, 1.82) is 0 Å². The van der Waals surface area contributed by atoms with Crippen LogP contribution in [0.2, 0.25) is 0 Å². The molecule has 0 radical (unpaired) electrons. The number of carboxylic acid groups (broad SMARTS) is 1. The molecular weight excluding hydrogens is 368 g/mol. The summed E-state index contributed by atoms with van der Waals surface area (Å²) in [6.45, 7) is 1.77. The lowest BCUT2D eigenvalue weighted by Crippen LogP contribution is -2.37. The molecule has 2 atom stereocenters.